The Kier molecular flexibility index (Phi) is 11.4. The number of hydrogen-bond acceptors (Lipinski definition) is 6. The van der Waals surface area contributed by atoms with Crippen LogP contribution in [0.1, 0.15) is 58.5 Å². The van der Waals surface area contributed by atoms with Crippen LogP contribution >= 0.6 is 11.8 Å². The molecule has 0 fully saturated rings. The maximum Gasteiger partial charge on any atom is 0.272 e. The van der Waals surface area contributed by atoms with Gasteiger partial charge in [-0.05, 0) is 77.2 Å². The molecule has 0 radical (unpaired) electrons. The number of benzene rings is 5. The van der Waals surface area contributed by atoms with Crippen LogP contribution in [0.3, 0.4) is 0 Å². The first-order chi connectivity index (χ1) is 25.2. The highest BCUT2D eigenvalue weighted by Gasteiger charge is 2.29. The second-order valence-electron chi connectivity index (χ2n) is 12.3. The molecule has 5 aromatic carbocycles. The van der Waals surface area contributed by atoms with Gasteiger partial charge in [0, 0.05) is 16.1 Å². The summed E-state index contributed by atoms with van der Waals surface area (Å²) in [6, 6.07) is 42.1. The molecule has 0 saturated heterocycles. The minimum atomic E-state index is -0.657. The molecular formula is C42H37N5O4S. The van der Waals surface area contributed by atoms with E-state index in [0.29, 0.717) is 22.9 Å². The van der Waals surface area contributed by atoms with Gasteiger partial charge < -0.3 is 16.0 Å². The Morgan fingerprint density at radius 1 is 0.731 bits per heavy atom. The van der Waals surface area contributed by atoms with E-state index in [1.165, 1.54) is 22.3 Å². The fourth-order valence-electron chi connectivity index (χ4n) is 5.42. The summed E-state index contributed by atoms with van der Waals surface area (Å²) in [4.78, 5) is 53.8. The van der Waals surface area contributed by atoms with Gasteiger partial charge in [0.25, 0.3) is 17.7 Å². The molecule has 0 spiro atoms. The Hall–Kier alpha value is -6.26. The minimum Gasteiger partial charge on any atom is -0.321 e. The van der Waals surface area contributed by atoms with Gasteiger partial charge in [-0.15, -0.1) is 11.8 Å². The second-order valence-corrected chi connectivity index (χ2v) is 13.5. The topological polar surface area (TPSA) is 120 Å². The smallest absolute Gasteiger partial charge is 0.272 e. The molecule has 0 aliphatic carbocycles. The fraction of sp³-hybridized carbons (Fsp3) is 0.119. The Balaban J connectivity index is 1.17. The van der Waals surface area contributed by atoms with Crippen LogP contribution < -0.4 is 21.0 Å². The van der Waals surface area contributed by atoms with Crippen LogP contribution in [0.4, 0.5) is 11.4 Å². The lowest BCUT2D eigenvalue weighted by Crippen LogP contribution is -2.33. The van der Waals surface area contributed by atoms with Gasteiger partial charge in [0.1, 0.15) is 16.8 Å². The van der Waals surface area contributed by atoms with E-state index in [9.17, 15) is 19.2 Å². The molecule has 9 nitrogen and oxygen atoms in total. The molecule has 1 unspecified atom stereocenters. The van der Waals surface area contributed by atoms with Crippen LogP contribution in [-0.2, 0) is 14.4 Å². The number of hydrazone groups is 1. The van der Waals surface area contributed by atoms with E-state index >= 15 is 0 Å². The SMILES string of the molecule is CC(C)c1ccc(/C=C(\NC(=O)c2ccccc2)C(=O)Nc2ccc(SC(C(=O)NC3=NN(c4ccccc4)C(=O)C3)c3ccccc3)cc2)cc1. The molecular weight excluding hydrogens is 671 g/mol. The average molecular weight is 708 g/mol. The lowest BCUT2D eigenvalue weighted by Gasteiger charge is -2.17. The first-order valence-electron chi connectivity index (χ1n) is 16.8. The summed E-state index contributed by atoms with van der Waals surface area (Å²) < 4.78 is 0. The van der Waals surface area contributed by atoms with E-state index in [1.807, 2.05) is 91.0 Å². The number of thioether (sulfide) groups is 1. The lowest BCUT2D eigenvalue weighted by molar-refractivity contribution is -0.119. The summed E-state index contributed by atoms with van der Waals surface area (Å²) in [5.41, 5.74) is 4.35. The Bertz CT molecular complexity index is 2100. The average Bonchev–Trinajstić information content (AvgIpc) is 3.54. The third-order valence-electron chi connectivity index (χ3n) is 8.19. The van der Waals surface area contributed by atoms with Gasteiger partial charge in [-0.3, -0.25) is 19.2 Å². The van der Waals surface area contributed by atoms with Crippen molar-refractivity contribution in [1.29, 1.82) is 0 Å². The molecule has 0 bridgehead atoms. The number of carbonyl (C=O) groups excluding carboxylic acids is 4. The summed E-state index contributed by atoms with van der Waals surface area (Å²) in [6.45, 7) is 4.22. The summed E-state index contributed by atoms with van der Waals surface area (Å²) in [5.74, 6) is -0.813. The molecule has 6 rings (SSSR count). The maximum absolute atomic E-state index is 13.7. The minimum absolute atomic E-state index is 0.0211. The first-order valence-corrected chi connectivity index (χ1v) is 17.7. The van der Waals surface area contributed by atoms with Crippen molar-refractivity contribution in [1.82, 2.24) is 10.6 Å². The summed E-state index contributed by atoms with van der Waals surface area (Å²) in [5, 5.41) is 13.5. The van der Waals surface area contributed by atoms with E-state index in [4.69, 9.17) is 0 Å². The number of anilines is 2. The van der Waals surface area contributed by atoms with Crippen molar-refractivity contribution in [3.8, 4) is 0 Å². The molecule has 1 aliphatic heterocycles. The van der Waals surface area contributed by atoms with E-state index in [1.54, 1.807) is 54.6 Å². The highest BCUT2D eigenvalue weighted by Crippen LogP contribution is 2.36. The molecule has 1 heterocycles. The summed E-state index contributed by atoms with van der Waals surface area (Å²) in [7, 11) is 0. The molecule has 1 atom stereocenters. The first kappa shape index (κ1) is 35.6. The highest BCUT2D eigenvalue weighted by molar-refractivity contribution is 8.00. The Morgan fingerprint density at radius 2 is 1.35 bits per heavy atom. The predicted octanol–water partition coefficient (Wildman–Crippen LogP) is 7.92. The molecule has 0 aromatic heterocycles. The van der Waals surface area contributed by atoms with Crippen LogP contribution in [0, 0.1) is 0 Å². The van der Waals surface area contributed by atoms with E-state index in [-0.39, 0.29) is 29.8 Å². The van der Waals surface area contributed by atoms with Crippen LogP contribution in [0.15, 0.2) is 155 Å². The van der Waals surface area contributed by atoms with Gasteiger partial charge in [-0.25, -0.2) is 0 Å². The monoisotopic (exact) mass is 707 g/mol. The molecule has 4 amide bonds. The fourth-order valence-corrected chi connectivity index (χ4v) is 6.44. The van der Waals surface area contributed by atoms with Crippen molar-refractivity contribution in [2.45, 2.75) is 36.3 Å². The number of rotatable bonds is 11. The highest BCUT2D eigenvalue weighted by atomic mass is 32.2. The van der Waals surface area contributed by atoms with Crippen molar-refractivity contribution in [3.05, 3.63) is 167 Å². The van der Waals surface area contributed by atoms with Gasteiger partial charge in [-0.1, -0.05) is 105 Å². The Labute approximate surface area is 306 Å². The van der Waals surface area contributed by atoms with Gasteiger partial charge >= 0.3 is 0 Å². The largest absolute Gasteiger partial charge is 0.321 e. The van der Waals surface area contributed by atoms with Crippen LogP contribution in [-0.4, -0.2) is 29.5 Å². The van der Waals surface area contributed by atoms with Crippen molar-refractivity contribution >= 4 is 58.7 Å². The number of amides is 4. The second kappa shape index (κ2) is 16.6. The summed E-state index contributed by atoms with van der Waals surface area (Å²) >= 11 is 1.33. The Morgan fingerprint density at radius 3 is 1.98 bits per heavy atom. The van der Waals surface area contributed by atoms with Gasteiger partial charge in [0.05, 0.1) is 12.1 Å². The van der Waals surface area contributed by atoms with E-state index in [2.05, 4.69) is 34.9 Å². The lowest BCUT2D eigenvalue weighted by atomic mass is 10.0. The zero-order chi connectivity index (χ0) is 36.5. The number of nitrogens with zero attached hydrogens (tertiary/aromatic N) is 2. The molecule has 52 heavy (non-hydrogen) atoms. The number of para-hydroxylation sites is 1. The van der Waals surface area contributed by atoms with Crippen LogP contribution in [0.25, 0.3) is 6.08 Å². The van der Waals surface area contributed by atoms with Crippen molar-refractivity contribution in [2.75, 3.05) is 10.3 Å². The van der Waals surface area contributed by atoms with E-state index in [0.717, 1.165) is 16.0 Å². The third kappa shape index (κ3) is 9.09. The maximum atomic E-state index is 13.7. The summed E-state index contributed by atoms with van der Waals surface area (Å²) in [6.07, 6.45) is 1.63. The van der Waals surface area contributed by atoms with Crippen molar-refractivity contribution < 1.29 is 19.2 Å². The number of hydrogen-bond donors (Lipinski definition) is 3. The van der Waals surface area contributed by atoms with Crippen LogP contribution in [0.5, 0.6) is 0 Å². The zero-order valence-corrected chi connectivity index (χ0v) is 29.5. The molecule has 0 saturated carbocycles. The molecule has 10 heteroatoms. The quantitative estimate of drug-likeness (QED) is 0.0952. The van der Waals surface area contributed by atoms with Crippen molar-refractivity contribution in [3.63, 3.8) is 0 Å². The van der Waals surface area contributed by atoms with Gasteiger partial charge in [0.15, 0.2) is 0 Å². The van der Waals surface area contributed by atoms with Gasteiger partial charge in [0.2, 0.25) is 5.91 Å². The molecule has 5 aromatic rings. The van der Waals surface area contributed by atoms with Crippen LogP contribution in [0.2, 0.25) is 0 Å². The molecule has 260 valence electrons. The normalized spacial score (nSPS) is 13.4. The third-order valence-corrected chi connectivity index (χ3v) is 9.46. The zero-order valence-electron chi connectivity index (χ0n) is 28.7. The number of amidine groups is 1. The van der Waals surface area contributed by atoms with Crippen molar-refractivity contribution in [2.24, 2.45) is 5.10 Å². The number of carbonyl (C=O) groups is 4. The van der Waals surface area contributed by atoms with Gasteiger partial charge in [-0.2, -0.15) is 10.1 Å². The standard InChI is InChI=1S/C42H37N5O4S/c1-28(2)30-20-18-29(19-21-30)26-36(44-40(49)32-14-8-4-9-15-32)41(50)43-33-22-24-35(25-23-33)52-39(31-12-6-3-7-13-31)42(51)45-37-27-38(48)47(46-37)34-16-10-5-11-17-34/h3-26,28,39H,27H2,1-2H3,(H,43,50)(H,44,49)(H,45,46,51)/b36-26-. The predicted molar refractivity (Wildman–Crippen MR) is 207 cm³/mol. The molecule has 1 aliphatic rings. The number of nitrogens with one attached hydrogen (secondary N) is 3. The van der Waals surface area contributed by atoms with E-state index < -0.39 is 17.1 Å². The molecule has 3 N–H and O–H groups in total.